The molecule has 18 heavy (non-hydrogen) atoms. The first-order valence-corrected chi connectivity index (χ1v) is 7.50. The lowest BCUT2D eigenvalue weighted by Crippen LogP contribution is -2.37. The van der Waals surface area contributed by atoms with E-state index in [0.29, 0.717) is 22.9 Å². The number of fused-ring (bicyclic) bond motifs is 2. The molecule has 1 nitrogen and oxygen atoms in total. The molecule has 1 heteroatoms. The van der Waals surface area contributed by atoms with Crippen molar-refractivity contribution >= 4 is 0 Å². The molecule has 3 rings (SSSR count). The Bertz CT molecular complexity index is 367. The van der Waals surface area contributed by atoms with Crippen molar-refractivity contribution in [1.29, 1.82) is 0 Å². The van der Waals surface area contributed by atoms with Gasteiger partial charge in [-0.1, -0.05) is 45.1 Å². The average molecular weight is 246 g/mol. The van der Waals surface area contributed by atoms with E-state index in [4.69, 9.17) is 4.74 Å². The van der Waals surface area contributed by atoms with E-state index >= 15 is 0 Å². The van der Waals surface area contributed by atoms with E-state index in [2.05, 4.69) is 45.1 Å². The van der Waals surface area contributed by atoms with Crippen molar-refractivity contribution in [2.45, 2.75) is 52.6 Å². The first kappa shape index (κ1) is 12.5. The first-order chi connectivity index (χ1) is 8.54. The Kier molecular flexibility index (Phi) is 2.93. The molecule has 2 bridgehead atoms. The summed E-state index contributed by atoms with van der Waals surface area (Å²) < 4.78 is 6.27. The van der Waals surface area contributed by atoms with Crippen molar-refractivity contribution in [3.63, 3.8) is 0 Å². The molecule has 0 aromatic heterocycles. The number of allylic oxidation sites excluding steroid dienone is 4. The monoisotopic (exact) mass is 246 g/mol. The van der Waals surface area contributed by atoms with E-state index in [1.807, 2.05) is 0 Å². The average Bonchev–Trinajstić information content (AvgIpc) is 2.95. The second kappa shape index (κ2) is 4.23. The molecule has 2 saturated carbocycles. The zero-order valence-corrected chi connectivity index (χ0v) is 12.0. The molecule has 0 saturated heterocycles. The fraction of sp³-hybridized carbons (Fsp3) is 0.765. The summed E-state index contributed by atoms with van der Waals surface area (Å²) in [5.41, 5.74) is 0.893. The minimum Gasteiger partial charge on any atom is -0.378 e. The van der Waals surface area contributed by atoms with Gasteiger partial charge in [-0.15, -0.1) is 0 Å². The lowest BCUT2D eigenvalue weighted by molar-refractivity contribution is -0.0482. The van der Waals surface area contributed by atoms with Crippen LogP contribution >= 0.6 is 0 Å². The predicted molar refractivity (Wildman–Crippen MR) is 75.4 cm³/mol. The molecule has 0 N–H and O–H groups in total. The van der Waals surface area contributed by atoms with E-state index in [1.54, 1.807) is 0 Å². The summed E-state index contributed by atoms with van der Waals surface area (Å²) in [6.45, 7) is 8.29. The van der Waals surface area contributed by atoms with Gasteiger partial charge >= 0.3 is 0 Å². The van der Waals surface area contributed by atoms with Crippen molar-refractivity contribution in [3.05, 3.63) is 24.3 Å². The summed E-state index contributed by atoms with van der Waals surface area (Å²) in [6, 6.07) is 0. The van der Waals surface area contributed by atoms with Crippen LogP contribution in [0.25, 0.3) is 0 Å². The summed E-state index contributed by atoms with van der Waals surface area (Å²) >= 11 is 0. The van der Waals surface area contributed by atoms with E-state index in [0.717, 1.165) is 18.9 Å². The molecule has 100 valence electrons. The van der Waals surface area contributed by atoms with Gasteiger partial charge in [0.15, 0.2) is 0 Å². The van der Waals surface area contributed by atoms with Gasteiger partial charge in [0.05, 0.1) is 6.10 Å². The summed E-state index contributed by atoms with van der Waals surface area (Å²) in [7, 11) is 0. The molecule has 0 amide bonds. The van der Waals surface area contributed by atoms with E-state index in [-0.39, 0.29) is 0 Å². The molecule has 3 unspecified atom stereocenters. The zero-order valence-electron chi connectivity index (χ0n) is 12.0. The fourth-order valence-corrected chi connectivity index (χ4v) is 4.40. The Balaban J connectivity index is 1.55. The minimum atomic E-state index is 0.416. The van der Waals surface area contributed by atoms with Gasteiger partial charge in [-0.3, -0.25) is 0 Å². The molecule has 2 fully saturated rings. The standard InChI is InChI=1S/C17H26O/c1-16(2)14-8-10-17(16,3)15(12-14)18-11-9-13-6-4-5-7-13/h4-7,13-15H,8-12H2,1-3H3. The van der Waals surface area contributed by atoms with Crippen molar-refractivity contribution in [1.82, 2.24) is 0 Å². The van der Waals surface area contributed by atoms with Crippen LogP contribution in [0.2, 0.25) is 0 Å². The molecule has 0 aromatic rings. The molecule has 0 spiro atoms. The van der Waals surface area contributed by atoms with Crippen LogP contribution in [-0.4, -0.2) is 12.7 Å². The number of ether oxygens (including phenoxy) is 1. The molecule has 0 aromatic carbocycles. The summed E-state index contributed by atoms with van der Waals surface area (Å²) in [5, 5.41) is 0. The third-order valence-corrected chi connectivity index (χ3v) is 6.31. The number of hydrogen-bond donors (Lipinski definition) is 0. The third-order valence-electron chi connectivity index (χ3n) is 6.31. The van der Waals surface area contributed by atoms with Crippen molar-refractivity contribution in [3.8, 4) is 0 Å². The van der Waals surface area contributed by atoms with Gasteiger partial charge in [0.2, 0.25) is 0 Å². The number of hydrogen-bond acceptors (Lipinski definition) is 1. The maximum Gasteiger partial charge on any atom is 0.0636 e. The van der Waals surface area contributed by atoms with Gasteiger partial charge in [0.1, 0.15) is 0 Å². The highest BCUT2D eigenvalue weighted by atomic mass is 16.5. The van der Waals surface area contributed by atoms with Crippen LogP contribution in [0.5, 0.6) is 0 Å². The van der Waals surface area contributed by atoms with Crippen LogP contribution in [0.3, 0.4) is 0 Å². The Labute approximate surface area is 111 Å². The highest BCUT2D eigenvalue weighted by molar-refractivity contribution is 5.17. The van der Waals surface area contributed by atoms with Gasteiger partial charge in [-0.25, -0.2) is 0 Å². The lowest BCUT2D eigenvalue weighted by Gasteiger charge is -2.39. The van der Waals surface area contributed by atoms with Crippen LogP contribution in [0, 0.1) is 22.7 Å². The molecule has 0 radical (unpaired) electrons. The Morgan fingerprint density at radius 2 is 1.89 bits per heavy atom. The highest BCUT2D eigenvalue weighted by Gasteiger charge is 2.61. The maximum atomic E-state index is 6.27. The fourth-order valence-electron chi connectivity index (χ4n) is 4.40. The highest BCUT2D eigenvalue weighted by Crippen LogP contribution is 2.66. The SMILES string of the molecule is CC1(C)C2CCC1(C)C(OCCC1C=CC=C1)C2. The van der Waals surface area contributed by atoms with Gasteiger partial charge in [-0.05, 0) is 48.3 Å². The zero-order chi connectivity index (χ0) is 12.8. The molecule has 0 heterocycles. The van der Waals surface area contributed by atoms with Crippen LogP contribution < -0.4 is 0 Å². The summed E-state index contributed by atoms with van der Waals surface area (Å²) in [6.07, 6.45) is 14.5. The summed E-state index contributed by atoms with van der Waals surface area (Å²) in [4.78, 5) is 0. The Hall–Kier alpha value is -0.560. The molecule has 3 aliphatic carbocycles. The van der Waals surface area contributed by atoms with Gasteiger partial charge < -0.3 is 4.74 Å². The molecular formula is C17H26O. The quantitative estimate of drug-likeness (QED) is 0.716. The first-order valence-electron chi connectivity index (χ1n) is 7.50. The largest absolute Gasteiger partial charge is 0.378 e. The van der Waals surface area contributed by atoms with Crippen molar-refractivity contribution in [2.24, 2.45) is 22.7 Å². The topological polar surface area (TPSA) is 9.23 Å². The van der Waals surface area contributed by atoms with Crippen LogP contribution in [0.15, 0.2) is 24.3 Å². The Morgan fingerprint density at radius 1 is 1.17 bits per heavy atom. The normalized spacial score (nSPS) is 41.1. The van der Waals surface area contributed by atoms with Gasteiger partial charge in [0, 0.05) is 6.61 Å². The summed E-state index contributed by atoms with van der Waals surface area (Å²) in [5.74, 6) is 1.50. The van der Waals surface area contributed by atoms with Crippen LogP contribution in [0.1, 0.15) is 46.5 Å². The molecule has 0 aliphatic heterocycles. The van der Waals surface area contributed by atoms with E-state index < -0.39 is 0 Å². The number of rotatable bonds is 4. The third kappa shape index (κ3) is 1.71. The smallest absolute Gasteiger partial charge is 0.0636 e. The second-order valence-electron chi connectivity index (χ2n) is 7.19. The van der Waals surface area contributed by atoms with Crippen molar-refractivity contribution in [2.75, 3.05) is 6.61 Å². The van der Waals surface area contributed by atoms with E-state index in [1.165, 1.54) is 19.3 Å². The van der Waals surface area contributed by atoms with Gasteiger partial charge in [0.25, 0.3) is 0 Å². The molecular weight excluding hydrogens is 220 g/mol. The van der Waals surface area contributed by atoms with E-state index in [9.17, 15) is 0 Å². The Morgan fingerprint density at radius 3 is 2.44 bits per heavy atom. The predicted octanol–water partition coefficient (Wildman–Crippen LogP) is 4.35. The second-order valence-corrected chi connectivity index (χ2v) is 7.19. The maximum absolute atomic E-state index is 6.27. The molecule has 3 aliphatic rings. The lowest BCUT2D eigenvalue weighted by atomic mass is 9.70. The van der Waals surface area contributed by atoms with Crippen LogP contribution in [-0.2, 0) is 4.74 Å². The minimum absolute atomic E-state index is 0.416. The van der Waals surface area contributed by atoms with Gasteiger partial charge in [-0.2, -0.15) is 0 Å². The van der Waals surface area contributed by atoms with Crippen LogP contribution in [0.4, 0.5) is 0 Å². The van der Waals surface area contributed by atoms with Crippen molar-refractivity contribution < 1.29 is 4.74 Å². The molecule has 3 atom stereocenters.